The van der Waals surface area contributed by atoms with Gasteiger partial charge in [-0.15, -0.1) is 0 Å². The van der Waals surface area contributed by atoms with Crippen molar-refractivity contribution in [2.75, 3.05) is 0 Å². The van der Waals surface area contributed by atoms with Gasteiger partial charge in [-0.2, -0.15) is 0 Å². The molecular weight excluding hydrogens is 690 g/mol. The summed E-state index contributed by atoms with van der Waals surface area (Å²) in [4.78, 5) is 0. The van der Waals surface area contributed by atoms with Gasteiger partial charge in [-0.25, -0.2) is 0 Å². The third-order valence-corrected chi connectivity index (χ3v) is 15.6. The Morgan fingerprint density at radius 2 is 0.826 bits per heavy atom. The van der Waals surface area contributed by atoms with Crippen LogP contribution in [0.3, 0.4) is 0 Å². The quantitative estimate of drug-likeness (QED) is 0.139. The van der Waals surface area contributed by atoms with Crippen LogP contribution >= 0.6 is 0 Å². The molecule has 0 bridgehead atoms. The van der Waals surface area contributed by atoms with E-state index in [0.29, 0.717) is 14.5 Å². The molecule has 46 heavy (non-hydrogen) atoms. The van der Waals surface area contributed by atoms with E-state index in [-0.39, 0.29) is 14.5 Å². The van der Waals surface area contributed by atoms with Crippen molar-refractivity contribution >= 4 is 144 Å². The van der Waals surface area contributed by atoms with E-state index in [1.807, 2.05) is 0 Å². The summed E-state index contributed by atoms with van der Waals surface area (Å²) < 4.78 is 11.3. The molecule has 6 aromatic heterocycles. The molecule has 0 N–H and O–H groups in total. The molecule has 0 aliphatic rings. The van der Waals surface area contributed by atoms with Crippen LogP contribution in [0.1, 0.15) is 0 Å². The molecule has 6 heterocycles. The molecule has 7 aromatic carbocycles. The Hall–Kier alpha value is -4.82. The molecule has 0 amide bonds. The van der Waals surface area contributed by atoms with Gasteiger partial charge in [0.2, 0.25) is 0 Å². The van der Waals surface area contributed by atoms with Crippen LogP contribution < -0.4 is 0 Å². The minimum absolute atomic E-state index is 0.278. The van der Waals surface area contributed by atoms with Crippen molar-refractivity contribution in [3.8, 4) is 0 Å². The Bertz CT molecular complexity index is 3480. The van der Waals surface area contributed by atoms with Crippen LogP contribution in [0.15, 0.2) is 121 Å². The van der Waals surface area contributed by atoms with Crippen LogP contribution in [0.5, 0.6) is 0 Å². The van der Waals surface area contributed by atoms with Gasteiger partial charge in [0.15, 0.2) is 0 Å². The molecule has 0 saturated carbocycles. The predicted molar refractivity (Wildman–Crippen MR) is 200 cm³/mol. The molecule has 0 aliphatic heterocycles. The second-order valence-electron chi connectivity index (χ2n) is 12.8. The first-order valence-electron chi connectivity index (χ1n) is 15.8. The van der Waals surface area contributed by atoms with Crippen molar-refractivity contribution in [3.63, 3.8) is 0 Å². The molecule has 13 rings (SSSR count). The van der Waals surface area contributed by atoms with Gasteiger partial charge in [0.1, 0.15) is 0 Å². The number of rotatable bonds is 0. The van der Waals surface area contributed by atoms with Gasteiger partial charge in [-0.05, 0) is 0 Å². The van der Waals surface area contributed by atoms with Crippen molar-refractivity contribution in [3.05, 3.63) is 121 Å². The van der Waals surface area contributed by atoms with Crippen molar-refractivity contribution in [1.29, 1.82) is 0 Å². The third kappa shape index (κ3) is 2.50. The van der Waals surface area contributed by atoms with E-state index in [1.165, 1.54) is 115 Å². The van der Waals surface area contributed by atoms with Crippen LogP contribution in [-0.4, -0.2) is 37.8 Å². The number of hydrogen-bond acceptors (Lipinski definition) is 0. The first-order chi connectivity index (χ1) is 22.8. The van der Waals surface area contributed by atoms with E-state index in [2.05, 4.69) is 130 Å². The first kappa shape index (κ1) is 23.5. The summed E-state index contributed by atoms with van der Waals surface area (Å²) in [7, 11) is 0. The SMILES string of the molecule is c1ccc2c(c1)[se]c1c2ccc2c3cccc4c5cc6c(cc5n(c43)c21)c1cccc2c3ccc4[se]c5ccccc5c4c3n6c12. The molecular formula is C42H20N2Se2. The molecule has 0 spiro atoms. The third-order valence-electron chi connectivity index (χ3n) is 10.8. The van der Waals surface area contributed by atoms with Crippen LogP contribution in [0.4, 0.5) is 0 Å². The van der Waals surface area contributed by atoms with Gasteiger partial charge < -0.3 is 0 Å². The Labute approximate surface area is 272 Å². The summed E-state index contributed by atoms with van der Waals surface area (Å²) in [5, 5.41) is 16.6. The Balaban J connectivity index is 1.30. The van der Waals surface area contributed by atoms with Crippen molar-refractivity contribution < 1.29 is 0 Å². The van der Waals surface area contributed by atoms with Gasteiger partial charge >= 0.3 is 274 Å². The topological polar surface area (TPSA) is 8.82 Å². The van der Waals surface area contributed by atoms with Gasteiger partial charge in [0.25, 0.3) is 0 Å². The van der Waals surface area contributed by atoms with Gasteiger partial charge in [-0.1, -0.05) is 0 Å². The minimum atomic E-state index is 0.278. The van der Waals surface area contributed by atoms with Gasteiger partial charge in [0, 0.05) is 0 Å². The summed E-state index contributed by atoms with van der Waals surface area (Å²) in [6.07, 6.45) is 0. The number of benzene rings is 7. The summed E-state index contributed by atoms with van der Waals surface area (Å²) in [6.45, 7) is 0. The number of nitrogens with zero attached hydrogens (tertiary/aromatic N) is 2. The summed E-state index contributed by atoms with van der Waals surface area (Å²) in [5.41, 5.74) is 8.16. The molecule has 210 valence electrons. The maximum absolute atomic E-state index is 2.63. The second-order valence-corrected chi connectivity index (χ2v) is 17.3. The van der Waals surface area contributed by atoms with Crippen LogP contribution in [0.2, 0.25) is 0 Å². The zero-order valence-corrected chi connectivity index (χ0v) is 27.7. The Kier molecular flexibility index (Phi) is 3.96. The van der Waals surface area contributed by atoms with E-state index < -0.39 is 0 Å². The van der Waals surface area contributed by atoms with Crippen molar-refractivity contribution in [2.45, 2.75) is 0 Å². The summed E-state index contributed by atoms with van der Waals surface area (Å²) in [6, 6.07) is 46.6. The normalized spacial score (nSPS) is 13.2. The zero-order valence-electron chi connectivity index (χ0n) is 24.3. The van der Waals surface area contributed by atoms with Crippen LogP contribution in [-0.2, 0) is 0 Å². The van der Waals surface area contributed by atoms with E-state index in [4.69, 9.17) is 0 Å². The molecule has 0 radical (unpaired) electrons. The number of para-hydroxylation sites is 2. The fourth-order valence-corrected chi connectivity index (χ4v) is 13.9. The predicted octanol–water partition coefficient (Wildman–Crippen LogP) is 10.7. The molecule has 0 saturated heterocycles. The molecule has 0 aliphatic carbocycles. The van der Waals surface area contributed by atoms with E-state index in [1.54, 1.807) is 0 Å². The van der Waals surface area contributed by atoms with Gasteiger partial charge in [0.05, 0.1) is 0 Å². The summed E-state index contributed by atoms with van der Waals surface area (Å²) >= 11 is 0.612. The molecule has 0 atom stereocenters. The van der Waals surface area contributed by atoms with Crippen molar-refractivity contribution in [1.82, 2.24) is 8.80 Å². The molecule has 4 heteroatoms. The average molecular weight is 711 g/mol. The monoisotopic (exact) mass is 712 g/mol. The zero-order chi connectivity index (χ0) is 29.4. The first-order valence-corrected chi connectivity index (χ1v) is 19.2. The molecule has 2 nitrogen and oxygen atoms in total. The second kappa shape index (κ2) is 7.75. The number of aromatic nitrogens is 2. The van der Waals surface area contributed by atoms with Crippen LogP contribution in [0.25, 0.3) is 115 Å². The van der Waals surface area contributed by atoms with E-state index in [0.717, 1.165) is 0 Å². The Morgan fingerprint density at radius 3 is 1.54 bits per heavy atom. The maximum atomic E-state index is 2.63. The van der Waals surface area contributed by atoms with Crippen LogP contribution in [0, 0.1) is 0 Å². The Morgan fingerprint density at radius 1 is 0.326 bits per heavy atom. The number of fused-ring (bicyclic) bond motifs is 20. The fourth-order valence-electron chi connectivity index (χ4n) is 8.98. The fraction of sp³-hybridized carbons (Fsp3) is 0. The summed E-state index contributed by atoms with van der Waals surface area (Å²) in [5.74, 6) is 0. The van der Waals surface area contributed by atoms with E-state index in [9.17, 15) is 0 Å². The van der Waals surface area contributed by atoms with Gasteiger partial charge in [-0.3, -0.25) is 0 Å². The van der Waals surface area contributed by atoms with Crippen molar-refractivity contribution in [2.24, 2.45) is 0 Å². The van der Waals surface area contributed by atoms with E-state index >= 15 is 0 Å². The number of hydrogen-bond donors (Lipinski definition) is 0. The average Bonchev–Trinajstić information content (AvgIpc) is 3.92. The molecule has 0 unspecified atom stereocenters. The molecule has 0 fully saturated rings. The standard InChI is InChI=1S/C42H20N2Se2/c1-3-13-34-21(7-1)28-16-15-27-23-10-6-12-25-31-19-32-30(20-33(31)44(39(23)25)41(27)42(28)46-34)24-11-5-9-22-26-17-18-36-37(40(26)43(32)38(22)24)29-8-2-4-14-35(29)45-36/h1-20H. The molecule has 13 aromatic rings.